The minimum absolute atomic E-state index is 0.747. The zero-order valence-electron chi connectivity index (χ0n) is 11.6. The summed E-state index contributed by atoms with van der Waals surface area (Å²) >= 11 is 5.46. The van der Waals surface area contributed by atoms with Crippen LogP contribution in [0.2, 0.25) is 0 Å². The van der Waals surface area contributed by atoms with Gasteiger partial charge in [0.15, 0.2) is 10.4 Å². The van der Waals surface area contributed by atoms with E-state index in [0.29, 0.717) is 0 Å². The first-order valence-electron chi connectivity index (χ1n) is 7.19. The molecule has 0 amide bonds. The molecule has 3 rings (SSSR count). The number of nitrogens with zero attached hydrogens (tertiary/aromatic N) is 2. The predicted octanol–water partition coefficient (Wildman–Crippen LogP) is 4.23. The van der Waals surface area contributed by atoms with Gasteiger partial charge in [0.1, 0.15) is 0 Å². The van der Waals surface area contributed by atoms with Crippen LogP contribution in [0.3, 0.4) is 0 Å². The summed E-state index contributed by atoms with van der Waals surface area (Å²) in [7, 11) is 0. The van der Waals surface area contributed by atoms with Crippen molar-refractivity contribution in [2.24, 2.45) is 11.8 Å². The smallest absolute Gasteiger partial charge is 0.179 e. The molecule has 3 nitrogen and oxygen atoms in total. The molecule has 1 saturated carbocycles. The third-order valence-electron chi connectivity index (χ3n) is 4.24. The molecule has 4 heteroatoms. The van der Waals surface area contributed by atoms with Crippen molar-refractivity contribution in [2.45, 2.75) is 46.1 Å². The lowest BCUT2D eigenvalue weighted by Crippen LogP contribution is -2.18. The summed E-state index contributed by atoms with van der Waals surface area (Å²) < 4.78 is 3.01. The van der Waals surface area contributed by atoms with Crippen LogP contribution in [0.25, 0.3) is 11.2 Å². The average molecular weight is 275 g/mol. The molecule has 2 unspecified atom stereocenters. The fourth-order valence-electron chi connectivity index (χ4n) is 3.28. The van der Waals surface area contributed by atoms with E-state index in [1.165, 1.54) is 25.7 Å². The number of pyridine rings is 1. The highest BCUT2D eigenvalue weighted by molar-refractivity contribution is 7.71. The summed E-state index contributed by atoms with van der Waals surface area (Å²) in [6.45, 7) is 5.41. The van der Waals surface area contributed by atoms with Crippen molar-refractivity contribution in [3.63, 3.8) is 0 Å². The lowest BCUT2D eigenvalue weighted by atomic mass is 9.82. The number of hydrogen-bond donors (Lipinski definition) is 1. The van der Waals surface area contributed by atoms with Crippen molar-refractivity contribution < 1.29 is 0 Å². The van der Waals surface area contributed by atoms with Gasteiger partial charge >= 0.3 is 0 Å². The fraction of sp³-hybridized carbons (Fsp3) is 0.600. The maximum Gasteiger partial charge on any atom is 0.179 e. The van der Waals surface area contributed by atoms with E-state index in [2.05, 4.69) is 27.5 Å². The predicted molar refractivity (Wildman–Crippen MR) is 80.8 cm³/mol. The molecular formula is C15H21N3S. The van der Waals surface area contributed by atoms with Crippen LogP contribution >= 0.6 is 12.2 Å². The maximum absolute atomic E-state index is 5.46. The van der Waals surface area contributed by atoms with E-state index < -0.39 is 0 Å². The van der Waals surface area contributed by atoms with E-state index in [4.69, 9.17) is 12.2 Å². The molecule has 0 saturated heterocycles. The van der Waals surface area contributed by atoms with Gasteiger partial charge in [-0.3, -0.25) is 0 Å². The summed E-state index contributed by atoms with van der Waals surface area (Å²) in [4.78, 5) is 7.92. The summed E-state index contributed by atoms with van der Waals surface area (Å²) in [5, 5.41) is 0. The first-order valence-corrected chi connectivity index (χ1v) is 7.60. The van der Waals surface area contributed by atoms with Crippen molar-refractivity contribution in [1.29, 1.82) is 0 Å². The molecule has 0 aliphatic heterocycles. The molecule has 19 heavy (non-hydrogen) atoms. The second kappa shape index (κ2) is 5.08. The summed E-state index contributed by atoms with van der Waals surface area (Å²) in [5.41, 5.74) is 3.12. The lowest BCUT2D eigenvalue weighted by Gasteiger charge is -2.26. The highest BCUT2D eigenvalue weighted by Gasteiger charge is 2.20. The van der Waals surface area contributed by atoms with Crippen LogP contribution in [0.15, 0.2) is 12.1 Å². The van der Waals surface area contributed by atoms with Crippen LogP contribution in [0, 0.1) is 23.5 Å². The first-order chi connectivity index (χ1) is 9.13. The van der Waals surface area contributed by atoms with E-state index in [0.717, 1.165) is 40.0 Å². The van der Waals surface area contributed by atoms with Gasteiger partial charge in [-0.1, -0.05) is 19.8 Å². The number of fused-ring (bicyclic) bond motifs is 1. The average Bonchev–Trinajstić information content (AvgIpc) is 2.66. The molecular weight excluding hydrogens is 254 g/mol. The molecule has 0 radical (unpaired) electrons. The summed E-state index contributed by atoms with van der Waals surface area (Å²) in [6.07, 6.45) is 5.38. The van der Waals surface area contributed by atoms with Crippen LogP contribution in [-0.2, 0) is 6.54 Å². The Morgan fingerprint density at radius 1 is 1.42 bits per heavy atom. The summed E-state index contributed by atoms with van der Waals surface area (Å²) in [5.74, 6) is 1.60. The van der Waals surface area contributed by atoms with E-state index in [9.17, 15) is 0 Å². The van der Waals surface area contributed by atoms with Crippen molar-refractivity contribution >= 4 is 23.4 Å². The molecule has 1 N–H and O–H groups in total. The molecule has 1 fully saturated rings. The normalized spacial score (nSPS) is 23.9. The Bertz CT molecular complexity index is 640. The highest BCUT2D eigenvalue weighted by Crippen LogP contribution is 2.30. The largest absolute Gasteiger partial charge is 0.329 e. The monoisotopic (exact) mass is 275 g/mol. The Balaban J connectivity index is 1.93. The van der Waals surface area contributed by atoms with Crippen LogP contribution in [0.1, 0.15) is 38.3 Å². The van der Waals surface area contributed by atoms with Gasteiger partial charge in [-0.05, 0) is 56.0 Å². The Kier molecular flexibility index (Phi) is 3.44. The first kappa shape index (κ1) is 12.9. The number of aryl methyl sites for hydroxylation is 1. The van der Waals surface area contributed by atoms with E-state index in [1.807, 2.05) is 13.0 Å². The van der Waals surface area contributed by atoms with Crippen molar-refractivity contribution in [3.05, 3.63) is 22.6 Å². The second-order valence-electron chi connectivity index (χ2n) is 6.00. The van der Waals surface area contributed by atoms with Crippen molar-refractivity contribution in [3.8, 4) is 0 Å². The van der Waals surface area contributed by atoms with Gasteiger partial charge in [-0.25, -0.2) is 4.98 Å². The number of aromatic nitrogens is 3. The van der Waals surface area contributed by atoms with Crippen LogP contribution in [0.5, 0.6) is 0 Å². The lowest BCUT2D eigenvalue weighted by molar-refractivity contribution is 0.258. The molecule has 2 aromatic rings. The van der Waals surface area contributed by atoms with E-state index in [-0.39, 0.29) is 0 Å². The molecule has 2 atom stereocenters. The summed E-state index contributed by atoms with van der Waals surface area (Å²) in [6, 6.07) is 4.11. The number of H-pyrrole nitrogens is 1. The number of aromatic amines is 1. The van der Waals surface area contributed by atoms with Crippen molar-refractivity contribution in [1.82, 2.24) is 14.5 Å². The quantitative estimate of drug-likeness (QED) is 0.832. The van der Waals surface area contributed by atoms with Crippen LogP contribution in [-0.4, -0.2) is 14.5 Å². The maximum atomic E-state index is 5.46. The van der Waals surface area contributed by atoms with Gasteiger partial charge in [0.25, 0.3) is 0 Å². The van der Waals surface area contributed by atoms with Crippen molar-refractivity contribution in [2.75, 3.05) is 0 Å². The number of hydrogen-bond acceptors (Lipinski definition) is 2. The Hall–Kier alpha value is -1.16. The highest BCUT2D eigenvalue weighted by atomic mass is 32.1. The topological polar surface area (TPSA) is 33.6 Å². The minimum Gasteiger partial charge on any atom is -0.329 e. The van der Waals surface area contributed by atoms with Crippen LogP contribution in [0.4, 0.5) is 0 Å². The third-order valence-corrected chi connectivity index (χ3v) is 4.57. The molecule has 0 spiro atoms. The van der Waals surface area contributed by atoms with Gasteiger partial charge in [-0.15, -0.1) is 0 Å². The van der Waals surface area contributed by atoms with Gasteiger partial charge in [0.05, 0.1) is 5.52 Å². The van der Waals surface area contributed by atoms with Gasteiger partial charge in [0.2, 0.25) is 0 Å². The van der Waals surface area contributed by atoms with E-state index >= 15 is 0 Å². The molecule has 1 aliphatic rings. The zero-order chi connectivity index (χ0) is 13.4. The molecule has 1 aliphatic carbocycles. The van der Waals surface area contributed by atoms with Gasteiger partial charge < -0.3 is 9.55 Å². The molecule has 2 heterocycles. The molecule has 2 aromatic heterocycles. The zero-order valence-corrected chi connectivity index (χ0v) is 12.5. The minimum atomic E-state index is 0.747. The molecule has 0 aromatic carbocycles. The van der Waals surface area contributed by atoms with E-state index in [1.54, 1.807) is 0 Å². The van der Waals surface area contributed by atoms with Crippen LogP contribution < -0.4 is 0 Å². The second-order valence-corrected chi connectivity index (χ2v) is 6.39. The Morgan fingerprint density at radius 3 is 3.05 bits per heavy atom. The Morgan fingerprint density at radius 2 is 2.26 bits per heavy atom. The standard InChI is InChI=1S/C15H21N3S/c1-10-4-3-5-12(8-10)9-18-14-13(17-15(18)19)7-6-11(2)16-14/h6-7,10,12H,3-5,8-9H2,1-2H3,(H,17,19). The fourth-order valence-corrected chi connectivity index (χ4v) is 3.55. The molecule has 0 bridgehead atoms. The Labute approximate surface area is 119 Å². The SMILES string of the molecule is Cc1ccc2[nH]c(=S)n(CC3CCCC(C)C3)c2n1. The number of nitrogens with one attached hydrogen (secondary N) is 1. The third kappa shape index (κ3) is 2.59. The number of imidazole rings is 1. The van der Waals surface area contributed by atoms with Gasteiger partial charge in [-0.2, -0.15) is 0 Å². The number of rotatable bonds is 2. The van der Waals surface area contributed by atoms with Gasteiger partial charge in [0, 0.05) is 12.2 Å². The molecule has 102 valence electrons.